The molecule has 1 heterocycles. The first-order chi connectivity index (χ1) is 12.7. The van der Waals surface area contributed by atoms with E-state index in [2.05, 4.69) is 74.8 Å². The van der Waals surface area contributed by atoms with Crippen molar-refractivity contribution < 1.29 is 4.79 Å². The van der Waals surface area contributed by atoms with E-state index in [4.69, 9.17) is 0 Å². The number of hydrogen-bond acceptors (Lipinski definition) is 1. The Hall–Kier alpha value is -2.55. The van der Waals surface area contributed by atoms with Gasteiger partial charge < -0.3 is 9.88 Å². The van der Waals surface area contributed by atoms with E-state index in [1.54, 1.807) is 0 Å². The Labute approximate surface area is 162 Å². The molecule has 0 aliphatic heterocycles. The molecule has 0 radical (unpaired) electrons. The Morgan fingerprint density at radius 3 is 2.33 bits per heavy atom. The van der Waals surface area contributed by atoms with Gasteiger partial charge in [0, 0.05) is 23.3 Å². The number of nitrogens with one attached hydrogen (secondary N) is 1. The Morgan fingerprint density at radius 2 is 1.74 bits per heavy atom. The molecule has 0 bridgehead atoms. The molecule has 0 fully saturated rings. The highest BCUT2D eigenvalue weighted by molar-refractivity contribution is 5.98. The highest BCUT2D eigenvalue weighted by atomic mass is 16.1. The molecule has 0 spiro atoms. The highest BCUT2D eigenvalue weighted by Gasteiger charge is 2.16. The summed E-state index contributed by atoms with van der Waals surface area (Å²) in [5.41, 5.74) is 5.58. The average molecular weight is 363 g/mol. The van der Waals surface area contributed by atoms with Crippen LogP contribution in [-0.4, -0.2) is 10.5 Å². The Bertz CT molecular complexity index is 958. The molecule has 3 rings (SSSR count). The van der Waals surface area contributed by atoms with E-state index in [9.17, 15) is 4.79 Å². The van der Waals surface area contributed by atoms with Crippen molar-refractivity contribution in [2.75, 3.05) is 0 Å². The smallest absolute Gasteiger partial charge is 0.251 e. The molecule has 2 aromatic carbocycles. The molecule has 1 atom stereocenters. The first-order valence-corrected chi connectivity index (χ1v) is 9.72. The van der Waals surface area contributed by atoms with Gasteiger partial charge in [0.1, 0.15) is 0 Å². The van der Waals surface area contributed by atoms with Crippen LogP contribution in [0.1, 0.15) is 67.8 Å². The van der Waals surface area contributed by atoms with Crippen LogP contribution < -0.4 is 5.32 Å². The Kier molecular flexibility index (Phi) is 5.14. The third-order valence-corrected chi connectivity index (χ3v) is 5.31. The van der Waals surface area contributed by atoms with Crippen LogP contribution >= 0.6 is 0 Å². The van der Waals surface area contributed by atoms with E-state index < -0.39 is 0 Å². The lowest BCUT2D eigenvalue weighted by atomic mass is 9.86. The van der Waals surface area contributed by atoms with Crippen LogP contribution in [0.2, 0.25) is 0 Å². The highest BCUT2D eigenvalue weighted by Crippen LogP contribution is 2.25. The quantitative estimate of drug-likeness (QED) is 0.629. The summed E-state index contributed by atoms with van der Waals surface area (Å²) in [7, 11) is 0. The van der Waals surface area contributed by atoms with Gasteiger partial charge in [-0.3, -0.25) is 4.79 Å². The van der Waals surface area contributed by atoms with Crippen LogP contribution in [0.5, 0.6) is 0 Å². The topological polar surface area (TPSA) is 34.0 Å². The summed E-state index contributed by atoms with van der Waals surface area (Å²) < 4.78 is 2.24. The molecule has 27 heavy (non-hydrogen) atoms. The fourth-order valence-corrected chi connectivity index (χ4v) is 3.59. The fraction of sp³-hybridized carbons (Fsp3) is 0.375. The van der Waals surface area contributed by atoms with Crippen molar-refractivity contribution in [3.8, 4) is 0 Å². The van der Waals surface area contributed by atoms with E-state index in [1.165, 1.54) is 16.6 Å². The molecule has 0 unspecified atom stereocenters. The maximum absolute atomic E-state index is 12.8. The van der Waals surface area contributed by atoms with Crippen LogP contribution in [-0.2, 0) is 12.0 Å². The Balaban J connectivity index is 1.79. The number of carbonyl (C=O) groups excluding carboxylic acids is 1. The zero-order valence-corrected chi connectivity index (χ0v) is 17.3. The number of amides is 1. The molecule has 0 aliphatic carbocycles. The molecule has 1 amide bonds. The number of carbonyl (C=O) groups is 1. The molecule has 0 saturated heterocycles. The summed E-state index contributed by atoms with van der Waals surface area (Å²) in [6.45, 7) is 13.8. The monoisotopic (exact) mass is 362 g/mol. The molecular formula is C24H30N2O. The summed E-state index contributed by atoms with van der Waals surface area (Å²) in [4.78, 5) is 12.8. The van der Waals surface area contributed by atoms with E-state index in [-0.39, 0.29) is 17.4 Å². The molecule has 3 aromatic rings. The summed E-state index contributed by atoms with van der Waals surface area (Å²) in [5, 5.41) is 4.31. The maximum Gasteiger partial charge on any atom is 0.251 e. The molecule has 3 nitrogen and oxygen atoms in total. The summed E-state index contributed by atoms with van der Waals surface area (Å²) in [5.74, 6) is -0.0363. The largest absolute Gasteiger partial charge is 0.346 e. The van der Waals surface area contributed by atoms with Gasteiger partial charge in [0.2, 0.25) is 0 Å². The van der Waals surface area contributed by atoms with Crippen molar-refractivity contribution in [3.05, 3.63) is 70.9 Å². The molecule has 0 aliphatic rings. The SMILES string of the molecule is CCn1c(C)cc2ccc(C(=O)N[C@@H](C)c3ccc(C(C)(C)C)cc3)cc21. The molecule has 1 aromatic heterocycles. The molecule has 1 N–H and O–H groups in total. The third kappa shape index (κ3) is 3.92. The number of nitrogens with zero attached hydrogens (tertiary/aromatic N) is 1. The predicted molar refractivity (Wildman–Crippen MR) is 113 cm³/mol. The zero-order chi connectivity index (χ0) is 19.8. The van der Waals surface area contributed by atoms with E-state index in [0.29, 0.717) is 5.56 Å². The predicted octanol–water partition coefficient (Wildman–Crippen LogP) is 5.76. The van der Waals surface area contributed by atoms with Crippen molar-refractivity contribution >= 4 is 16.8 Å². The molecule has 0 saturated carbocycles. The van der Waals surface area contributed by atoms with Gasteiger partial charge in [-0.05, 0) is 60.9 Å². The first kappa shape index (κ1) is 19.2. The summed E-state index contributed by atoms with van der Waals surface area (Å²) in [6, 6.07) is 16.6. The number of hydrogen-bond donors (Lipinski definition) is 1. The number of rotatable bonds is 4. The number of benzene rings is 2. The lowest BCUT2D eigenvalue weighted by Gasteiger charge is -2.21. The van der Waals surface area contributed by atoms with Gasteiger partial charge in [-0.15, -0.1) is 0 Å². The van der Waals surface area contributed by atoms with Crippen LogP contribution in [0.25, 0.3) is 10.9 Å². The van der Waals surface area contributed by atoms with Crippen LogP contribution in [0.4, 0.5) is 0 Å². The maximum atomic E-state index is 12.8. The zero-order valence-electron chi connectivity index (χ0n) is 17.3. The van der Waals surface area contributed by atoms with Crippen LogP contribution in [0, 0.1) is 6.92 Å². The minimum absolute atomic E-state index is 0.0363. The number of aryl methyl sites for hydroxylation is 2. The van der Waals surface area contributed by atoms with Crippen molar-refractivity contribution in [3.63, 3.8) is 0 Å². The van der Waals surface area contributed by atoms with Crippen molar-refractivity contribution in [2.45, 2.75) is 59.5 Å². The number of fused-ring (bicyclic) bond motifs is 1. The minimum atomic E-state index is -0.0399. The lowest BCUT2D eigenvalue weighted by Crippen LogP contribution is -2.26. The lowest BCUT2D eigenvalue weighted by molar-refractivity contribution is 0.0940. The second-order valence-electron chi connectivity index (χ2n) is 8.37. The molecule has 142 valence electrons. The average Bonchev–Trinajstić information content (AvgIpc) is 2.95. The van der Waals surface area contributed by atoms with Crippen molar-refractivity contribution in [1.29, 1.82) is 0 Å². The van der Waals surface area contributed by atoms with Crippen LogP contribution in [0.3, 0.4) is 0 Å². The van der Waals surface area contributed by atoms with Gasteiger partial charge in [0.15, 0.2) is 0 Å². The van der Waals surface area contributed by atoms with Crippen LogP contribution in [0.15, 0.2) is 48.5 Å². The van der Waals surface area contributed by atoms with Crippen molar-refractivity contribution in [2.24, 2.45) is 0 Å². The fourth-order valence-electron chi connectivity index (χ4n) is 3.59. The Morgan fingerprint density at radius 1 is 1.07 bits per heavy atom. The standard InChI is InChI=1S/C24H30N2O/c1-7-26-16(2)14-19-8-9-20(15-22(19)26)23(27)25-17(3)18-10-12-21(13-11-18)24(4,5)6/h8-15,17H,7H2,1-6H3,(H,25,27)/t17-/m0/s1. The van der Waals surface area contributed by atoms with E-state index >= 15 is 0 Å². The van der Waals surface area contributed by atoms with Crippen molar-refractivity contribution in [1.82, 2.24) is 9.88 Å². The van der Waals surface area contributed by atoms with Gasteiger partial charge in [0.05, 0.1) is 6.04 Å². The van der Waals surface area contributed by atoms with Gasteiger partial charge in [0.25, 0.3) is 5.91 Å². The normalized spacial score (nSPS) is 13.0. The summed E-state index contributed by atoms with van der Waals surface area (Å²) >= 11 is 0. The molecule has 3 heteroatoms. The van der Waals surface area contributed by atoms with E-state index in [1.807, 2.05) is 25.1 Å². The third-order valence-electron chi connectivity index (χ3n) is 5.31. The minimum Gasteiger partial charge on any atom is -0.346 e. The van der Waals surface area contributed by atoms with E-state index in [0.717, 1.165) is 17.6 Å². The van der Waals surface area contributed by atoms with Gasteiger partial charge in [-0.2, -0.15) is 0 Å². The second kappa shape index (κ2) is 7.22. The molecular weight excluding hydrogens is 332 g/mol. The van der Waals surface area contributed by atoms with Gasteiger partial charge >= 0.3 is 0 Å². The number of aromatic nitrogens is 1. The first-order valence-electron chi connectivity index (χ1n) is 9.72. The van der Waals surface area contributed by atoms with Gasteiger partial charge in [-0.25, -0.2) is 0 Å². The van der Waals surface area contributed by atoms with Gasteiger partial charge in [-0.1, -0.05) is 51.1 Å². The summed E-state index contributed by atoms with van der Waals surface area (Å²) in [6.07, 6.45) is 0. The second-order valence-corrected chi connectivity index (χ2v) is 8.37.